The summed E-state index contributed by atoms with van der Waals surface area (Å²) in [5.74, 6) is -1.11. The molecule has 0 radical (unpaired) electrons. The van der Waals surface area contributed by atoms with Crippen LogP contribution in [0.2, 0.25) is 0 Å². The van der Waals surface area contributed by atoms with Crippen LogP contribution in [0.5, 0.6) is 0 Å². The Labute approximate surface area is 171 Å². The van der Waals surface area contributed by atoms with Crippen molar-refractivity contribution in [2.45, 2.75) is 64.1 Å². The number of primary amides is 1. The molecular formula is C21H31N3O5. The number of carbonyl (C=O) groups is 3. The maximum atomic E-state index is 13.1. The van der Waals surface area contributed by atoms with Crippen LogP contribution in [0.4, 0.5) is 4.79 Å². The molecule has 0 spiro atoms. The van der Waals surface area contributed by atoms with Crippen LogP contribution in [0, 0.1) is 6.92 Å². The second-order valence-corrected chi connectivity index (χ2v) is 8.44. The van der Waals surface area contributed by atoms with Gasteiger partial charge in [-0.2, -0.15) is 0 Å². The zero-order valence-electron chi connectivity index (χ0n) is 17.5. The molecule has 0 aliphatic carbocycles. The average Bonchev–Trinajstić information content (AvgIpc) is 2.61. The van der Waals surface area contributed by atoms with Crippen molar-refractivity contribution in [1.29, 1.82) is 0 Å². The molecule has 0 unspecified atom stereocenters. The highest BCUT2D eigenvalue weighted by molar-refractivity contribution is 5.94. The summed E-state index contributed by atoms with van der Waals surface area (Å²) in [6.45, 7) is 7.81. The van der Waals surface area contributed by atoms with E-state index in [-0.39, 0.29) is 19.3 Å². The summed E-state index contributed by atoms with van der Waals surface area (Å²) in [7, 11) is 0. The fourth-order valence-electron chi connectivity index (χ4n) is 3.11. The van der Waals surface area contributed by atoms with Crippen molar-refractivity contribution in [2.75, 3.05) is 13.2 Å². The van der Waals surface area contributed by atoms with Crippen molar-refractivity contribution < 1.29 is 23.9 Å². The van der Waals surface area contributed by atoms with Crippen molar-refractivity contribution in [3.05, 3.63) is 35.4 Å². The van der Waals surface area contributed by atoms with Gasteiger partial charge in [-0.3, -0.25) is 9.59 Å². The zero-order chi connectivity index (χ0) is 21.7. The third kappa shape index (κ3) is 6.74. The first-order valence-electron chi connectivity index (χ1n) is 9.75. The molecule has 0 saturated carbocycles. The first-order chi connectivity index (χ1) is 13.5. The normalized spacial score (nSPS) is 17.1. The van der Waals surface area contributed by atoms with Gasteiger partial charge < -0.3 is 25.8 Å². The summed E-state index contributed by atoms with van der Waals surface area (Å²) in [4.78, 5) is 37.4. The summed E-state index contributed by atoms with van der Waals surface area (Å²) in [6.07, 6.45) is 0.117. The van der Waals surface area contributed by atoms with E-state index in [1.165, 1.54) is 0 Å². The number of rotatable bonds is 6. The van der Waals surface area contributed by atoms with Crippen LogP contribution in [-0.2, 0) is 25.5 Å². The van der Waals surface area contributed by atoms with Gasteiger partial charge >= 0.3 is 6.09 Å². The smallest absolute Gasteiger partial charge is 0.408 e. The van der Waals surface area contributed by atoms with Crippen molar-refractivity contribution in [3.63, 3.8) is 0 Å². The number of alkyl carbamates (subject to hydrolysis) is 1. The molecule has 1 aliphatic rings. The van der Waals surface area contributed by atoms with E-state index in [4.69, 9.17) is 15.2 Å². The fourth-order valence-corrected chi connectivity index (χ4v) is 3.11. The van der Waals surface area contributed by atoms with E-state index in [0.717, 1.165) is 11.1 Å². The van der Waals surface area contributed by atoms with E-state index in [0.29, 0.717) is 13.2 Å². The second kappa shape index (κ2) is 9.26. The van der Waals surface area contributed by atoms with Crippen LogP contribution in [0.3, 0.4) is 0 Å². The molecule has 29 heavy (non-hydrogen) atoms. The highest BCUT2D eigenvalue weighted by Crippen LogP contribution is 2.23. The lowest BCUT2D eigenvalue weighted by Gasteiger charge is -2.37. The number of nitrogens with two attached hydrogens (primary N) is 1. The molecule has 3 amide bonds. The molecule has 0 bridgehead atoms. The molecule has 8 nitrogen and oxygen atoms in total. The lowest BCUT2D eigenvalue weighted by atomic mass is 9.88. The van der Waals surface area contributed by atoms with Gasteiger partial charge in [0.1, 0.15) is 17.2 Å². The van der Waals surface area contributed by atoms with Crippen LogP contribution < -0.4 is 16.4 Å². The number of hydrogen-bond acceptors (Lipinski definition) is 5. The predicted octanol–water partition coefficient (Wildman–Crippen LogP) is 1.58. The topological polar surface area (TPSA) is 120 Å². The SMILES string of the molecule is Cc1ccc(C[C@H](NC(=O)C2(NC(=O)OC(C)(C)C)CCOCC2)C(N)=O)cc1. The summed E-state index contributed by atoms with van der Waals surface area (Å²) in [5, 5.41) is 5.42. The number of carbonyl (C=O) groups excluding carboxylic acids is 3. The van der Waals surface area contributed by atoms with Crippen LogP contribution in [-0.4, -0.2) is 48.3 Å². The Bertz CT molecular complexity index is 734. The van der Waals surface area contributed by atoms with E-state index in [2.05, 4.69) is 10.6 Å². The van der Waals surface area contributed by atoms with Gasteiger partial charge in [0.2, 0.25) is 11.8 Å². The Kier molecular flexibility index (Phi) is 7.24. The molecule has 1 atom stereocenters. The molecule has 1 heterocycles. The largest absolute Gasteiger partial charge is 0.444 e. The molecule has 2 rings (SSSR count). The monoisotopic (exact) mass is 405 g/mol. The molecular weight excluding hydrogens is 374 g/mol. The first kappa shape index (κ1) is 22.7. The molecule has 160 valence electrons. The van der Waals surface area contributed by atoms with Crippen LogP contribution >= 0.6 is 0 Å². The van der Waals surface area contributed by atoms with E-state index < -0.39 is 35.1 Å². The highest BCUT2D eigenvalue weighted by Gasteiger charge is 2.43. The summed E-state index contributed by atoms with van der Waals surface area (Å²) in [6, 6.07) is 6.74. The molecule has 1 fully saturated rings. The maximum Gasteiger partial charge on any atom is 0.408 e. The predicted molar refractivity (Wildman–Crippen MR) is 108 cm³/mol. The number of benzene rings is 1. The maximum absolute atomic E-state index is 13.1. The molecule has 1 aromatic carbocycles. The van der Waals surface area contributed by atoms with Gasteiger partial charge in [0.25, 0.3) is 0 Å². The number of nitrogens with one attached hydrogen (secondary N) is 2. The van der Waals surface area contributed by atoms with Gasteiger partial charge in [-0.25, -0.2) is 4.79 Å². The quantitative estimate of drug-likeness (QED) is 0.664. The third-order valence-electron chi connectivity index (χ3n) is 4.73. The standard InChI is InChI=1S/C21H31N3O5/c1-14-5-7-15(8-6-14)13-16(17(22)25)23-18(26)21(9-11-28-12-10-21)24-19(27)29-20(2,3)4/h5-8,16H,9-13H2,1-4H3,(H2,22,25)(H,23,26)(H,24,27)/t16-/m0/s1. The lowest BCUT2D eigenvalue weighted by molar-refractivity contribution is -0.135. The van der Waals surface area contributed by atoms with Crippen molar-refractivity contribution >= 4 is 17.9 Å². The first-order valence-corrected chi connectivity index (χ1v) is 9.75. The second-order valence-electron chi connectivity index (χ2n) is 8.44. The molecule has 1 aromatic rings. The van der Waals surface area contributed by atoms with Gasteiger partial charge in [-0.05, 0) is 33.3 Å². The van der Waals surface area contributed by atoms with Gasteiger partial charge in [-0.1, -0.05) is 29.8 Å². The Morgan fingerprint density at radius 3 is 2.28 bits per heavy atom. The van der Waals surface area contributed by atoms with Gasteiger partial charge in [-0.15, -0.1) is 0 Å². The Balaban J connectivity index is 2.14. The summed E-state index contributed by atoms with van der Waals surface area (Å²) < 4.78 is 10.7. The summed E-state index contributed by atoms with van der Waals surface area (Å²) in [5.41, 5.74) is 5.58. The minimum Gasteiger partial charge on any atom is -0.444 e. The minimum absolute atomic E-state index is 0.264. The number of amides is 3. The van der Waals surface area contributed by atoms with E-state index >= 15 is 0 Å². The van der Waals surface area contributed by atoms with E-state index in [9.17, 15) is 14.4 Å². The summed E-state index contributed by atoms with van der Waals surface area (Å²) >= 11 is 0. The molecule has 8 heteroatoms. The molecule has 1 saturated heterocycles. The van der Waals surface area contributed by atoms with Crippen LogP contribution in [0.25, 0.3) is 0 Å². The Morgan fingerprint density at radius 1 is 1.17 bits per heavy atom. The van der Waals surface area contributed by atoms with Gasteiger partial charge in [0.15, 0.2) is 0 Å². The van der Waals surface area contributed by atoms with Crippen molar-refractivity contribution in [2.24, 2.45) is 5.73 Å². The zero-order valence-corrected chi connectivity index (χ0v) is 17.5. The lowest BCUT2D eigenvalue weighted by Crippen LogP contribution is -2.64. The van der Waals surface area contributed by atoms with Crippen molar-refractivity contribution in [3.8, 4) is 0 Å². The van der Waals surface area contributed by atoms with E-state index in [1.807, 2.05) is 31.2 Å². The number of hydrogen-bond donors (Lipinski definition) is 3. The Hall–Kier alpha value is -2.61. The molecule has 1 aliphatic heterocycles. The molecule has 0 aromatic heterocycles. The minimum atomic E-state index is -1.22. The molecule has 4 N–H and O–H groups in total. The average molecular weight is 405 g/mol. The van der Waals surface area contributed by atoms with Gasteiger partial charge in [0, 0.05) is 32.5 Å². The Morgan fingerprint density at radius 2 is 1.76 bits per heavy atom. The van der Waals surface area contributed by atoms with Gasteiger partial charge in [0.05, 0.1) is 0 Å². The third-order valence-corrected chi connectivity index (χ3v) is 4.73. The van der Waals surface area contributed by atoms with Crippen LogP contribution in [0.15, 0.2) is 24.3 Å². The highest BCUT2D eigenvalue weighted by atomic mass is 16.6. The fraction of sp³-hybridized carbons (Fsp3) is 0.571. The van der Waals surface area contributed by atoms with E-state index in [1.54, 1.807) is 20.8 Å². The van der Waals surface area contributed by atoms with Crippen molar-refractivity contribution in [1.82, 2.24) is 10.6 Å². The van der Waals surface area contributed by atoms with Crippen LogP contribution in [0.1, 0.15) is 44.7 Å². The number of aryl methyl sites for hydroxylation is 1. The number of ether oxygens (including phenoxy) is 2.